The number of carbonyl (C=O) groups excluding carboxylic acids is 1. The van der Waals surface area contributed by atoms with Crippen molar-refractivity contribution in [3.8, 4) is 0 Å². The SMILES string of the molecule is CCc1cccc2c1NCC(=O)N2CC. The van der Waals surface area contributed by atoms with Crippen molar-refractivity contribution >= 4 is 17.3 Å². The molecule has 0 aromatic heterocycles. The van der Waals surface area contributed by atoms with Crippen LogP contribution in [0.2, 0.25) is 0 Å². The number of para-hydroxylation sites is 1. The molecule has 1 aliphatic rings. The van der Waals surface area contributed by atoms with Crippen molar-refractivity contribution in [3.63, 3.8) is 0 Å². The molecule has 3 heteroatoms. The molecule has 1 aromatic carbocycles. The van der Waals surface area contributed by atoms with E-state index >= 15 is 0 Å². The fourth-order valence-corrected chi connectivity index (χ4v) is 2.05. The van der Waals surface area contributed by atoms with Gasteiger partial charge in [-0.1, -0.05) is 19.1 Å². The fraction of sp³-hybridized carbons (Fsp3) is 0.417. The van der Waals surface area contributed by atoms with Crippen molar-refractivity contribution in [2.75, 3.05) is 23.3 Å². The van der Waals surface area contributed by atoms with Gasteiger partial charge in [-0.25, -0.2) is 0 Å². The zero-order valence-corrected chi connectivity index (χ0v) is 9.21. The van der Waals surface area contributed by atoms with Crippen LogP contribution >= 0.6 is 0 Å². The Labute approximate surface area is 90.1 Å². The van der Waals surface area contributed by atoms with Gasteiger partial charge in [-0.3, -0.25) is 4.79 Å². The summed E-state index contributed by atoms with van der Waals surface area (Å²) in [5.41, 5.74) is 3.42. The van der Waals surface area contributed by atoms with E-state index in [0.717, 1.165) is 24.3 Å². The molecule has 3 nitrogen and oxygen atoms in total. The first-order valence-corrected chi connectivity index (χ1v) is 5.44. The lowest BCUT2D eigenvalue weighted by Gasteiger charge is -2.30. The Balaban J connectivity index is 2.50. The van der Waals surface area contributed by atoms with E-state index in [9.17, 15) is 4.79 Å². The van der Waals surface area contributed by atoms with E-state index in [1.165, 1.54) is 5.56 Å². The van der Waals surface area contributed by atoms with Gasteiger partial charge in [-0.15, -0.1) is 0 Å². The zero-order chi connectivity index (χ0) is 10.8. The standard InChI is InChI=1S/C12H16N2O/c1-3-9-6-5-7-10-12(9)13-8-11(15)14(10)4-2/h5-7,13H,3-4,8H2,1-2H3. The summed E-state index contributed by atoms with van der Waals surface area (Å²) in [4.78, 5) is 13.5. The van der Waals surface area contributed by atoms with E-state index < -0.39 is 0 Å². The van der Waals surface area contributed by atoms with Gasteiger partial charge in [0.05, 0.1) is 17.9 Å². The van der Waals surface area contributed by atoms with Gasteiger partial charge in [-0.2, -0.15) is 0 Å². The minimum atomic E-state index is 0.151. The fourth-order valence-electron chi connectivity index (χ4n) is 2.05. The number of aryl methyl sites for hydroxylation is 1. The number of fused-ring (bicyclic) bond motifs is 1. The Hall–Kier alpha value is -1.51. The summed E-state index contributed by atoms with van der Waals surface area (Å²) < 4.78 is 0. The van der Waals surface area contributed by atoms with E-state index in [-0.39, 0.29) is 5.91 Å². The normalized spacial score (nSPS) is 14.8. The van der Waals surface area contributed by atoms with Crippen LogP contribution in [0.3, 0.4) is 0 Å². The zero-order valence-electron chi connectivity index (χ0n) is 9.21. The maximum Gasteiger partial charge on any atom is 0.246 e. The molecular weight excluding hydrogens is 188 g/mol. The van der Waals surface area contributed by atoms with Gasteiger partial charge in [0.25, 0.3) is 0 Å². The second-order valence-corrected chi connectivity index (χ2v) is 3.66. The summed E-state index contributed by atoms with van der Waals surface area (Å²) in [5.74, 6) is 0.151. The van der Waals surface area contributed by atoms with Crippen molar-refractivity contribution < 1.29 is 4.79 Å². The Morgan fingerprint density at radius 3 is 2.87 bits per heavy atom. The summed E-state index contributed by atoms with van der Waals surface area (Å²) in [7, 11) is 0. The van der Waals surface area contributed by atoms with Crippen molar-refractivity contribution in [1.29, 1.82) is 0 Å². The van der Waals surface area contributed by atoms with Crippen LogP contribution in [-0.4, -0.2) is 19.0 Å². The molecule has 0 unspecified atom stereocenters. The highest BCUT2D eigenvalue weighted by Crippen LogP contribution is 2.32. The van der Waals surface area contributed by atoms with Crippen LogP contribution in [0.5, 0.6) is 0 Å². The number of hydrogen-bond donors (Lipinski definition) is 1. The Kier molecular flexibility index (Phi) is 2.62. The molecule has 0 saturated carbocycles. The molecule has 1 amide bonds. The average Bonchev–Trinajstić information content (AvgIpc) is 2.28. The maximum atomic E-state index is 11.7. The second-order valence-electron chi connectivity index (χ2n) is 3.66. The third kappa shape index (κ3) is 1.58. The number of rotatable bonds is 2. The number of benzene rings is 1. The van der Waals surface area contributed by atoms with Crippen molar-refractivity contribution in [3.05, 3.63) is 23.8 Å². The molecular formula is C12H16N2O. The van der Waals surface area contributed by atoms with E-state index in [4.69, 9.17) is 0 Å². The highest BCUT2D eigenvalue weighted by Gasteiger charge is 2.23. The summed E-state index contributed by atoms with van der Waals surface area (Å²) >= 11 is 0. The van der Waals surface area contributed by atoms with E-state index in [1.54, 1.807) is 0 Å². The largest absolute Gasteiger partial charge is 0.374 e. The quantitative estimate of drug-likeness (QED) is 0.799. The van der Waals surface area contributed by atoms with Crippen LogP contribution in [0.25, 0.3) is 0 Å². The highest BCUT2D eigenvalue weighted by molar-refractivity contribution is 6.03. The van der Waals surface area contributed by atoms with Gasteiger partial charge in [-0.05, 0) is 25.0 Å². The van der Waals surface area contributed by atoms with Gasteiger partial charge in [0.1, 0.15) is 0 Å². The maximum absolute atomic E-state index is 11.7. The molecule has 1 N–H and O–H groups in total. The first-order valence-electron chi connectivity index (χ1n) is 5.44. The molecule has 0 aliphatic carbocycles. The second kappa shape index (κ2) is 3.93. The lowest BCUT2D eigenvalue weighted by Crippen LogP contribution is -2.40. The number of nitrogens with one attached hydrogen (secondary N) is 1. The summed E-state index contributed by atoms with van der Waals surface area (Å²) in [6.45, 7) is 5.29. The minimum Gasteiger partial charge on any atom is -0.374 e. The van der Waals surface area contributed by atoms with Crippen molar-refractivity contribution in [2.45, 2.75) is 20.3 Å². The van der Waals surface area contributed by atoms with E-state index in [2.05, 4.69) is 18.3 Å². The molecule has 0 spiro atoms. The number of likely N-dealkylation sites (N-methyl/N-ethyl adjacent to an activating group) is 1. The van der Waals surface area contributed by atoms with Crippen LogP contribution in [0.15, 0.2) is 18.2 Å². The monoisotopic (exact) mass is 204 g/mol. The molecule has 1 aromatic rings. The van der Waals surface area contributed by atoms with Crippen LogP contribution in [-0.2, 0) is 11.2 Å². The molecule has 2 rings (SSSR count). The lowest BCUT2D eigenvalue weighted by atomic mass is 10.1. The van der Waals surface area contributed by atoms with Crippen LogP contribution < -0.4 is 10.2 Å². The van der Waals surface area contributed by atoms with Gasteiger partial charge in [0.2, 0.25) is 5.91 Å². The van der Waals surface area contributed by atoms with Gasteiger partial charge in [0, 0.05) is 6.54 Å². The van der Waals surface area contributed by atoms with Crippen molar-refractivity contribution in [1.82, 2.24) is 0 Å². The minimum absolute atomic E-state index is 0.151. The van der Waals surface area contributed by atoms with Gasteiger partial charge >= 0.3 is 0 Å². The average molecular weight is 204 g/mol. The first-order chi connectivity index (χ1) is 7.27. The number of nitrogens with zero attached hydrogens (tertiary/aromatic N) is 1. The molecule has 0 saturated heterocycles. The number of amides is 1. The first kappa shape index (κ1) is 10.0. The van der Waals surface area contributed by atoms with E-state index in [1.807, 2.05) is 24.0 Å². The molecule has 0 fully saturated rings. The number of carbonyl (C=O) groups is 1. The lowest BCUT2D eigenvalue weighted by molar-refractivity contribution is -0.117. The molecule has 1 heterocycles. The number of hydrogen-bond acceptors (Lipinski definition) is 2. The van der Waals surface area contributed by atoms with Crippen LogP contribution in [0, 0.1) is 0 Å². The number of anilines is 2. The summed E-state index contributed by atoms with van der Waals surface area (Å²) in [6, 6.07) is 6.12. The van der Waals surface area contributed by atoms with Crippen molar-refractivity contribution in [2.24, 2.45) is 0 Å². The highest BCUT2D eigenvalue weighted by atomic mass is 16.2. The molecule has 1 aliphatic heterocycles. The predicted molar refractivity (Wildman–Crippen MR) is 62.3 cm³/mol. The molecule has 0 radical (unpaired) electrons. The van der Waals surface area contributed by atoms with Gasteiger partial charge < -0.3 is 10.2 Å². The predicted octanol–water partition coefficient (Wildman–Crippen LogP) is 2.03. The van der Waals surface area contributed by atoms with Crippen LogP contribution in [0.4, 0.5) is 11.4 Å². The van der Waals surface area contributed by atoms with Gasteiger partial charge in [0.15, 0.2) is 0 Å². The Morgan fingerprint density at radius 1 is 1.40 bits per heavy atom. The molecule has 15 heavy (non-hydrogen) atoms. The molecule has 0 bridgehead atoms. The summed E-state index contributed by atoms with van der Waals surface area (Å²) in [6.07, 6.45) is 0.988. The topological polar surface area (TPSA) is 32.3 Å². The summed E-state index contributed by atoms with van der Waals surface area (Å²) in [5, 5.41) is 3.20. The Bertz CT molecular complexity index is 387. The smallest absolute Gasteiger partial charge is 0.246 e. The van der Waals surface area contributed by atoms with Crippen LogP contribution in [0.1, 0.15) is 19.4 Å². The molecule has 80 valence electrons. The van der Waals surface area contributed by atoms with E-state index in [0.29, 0.717) is 6.54 Å². The third-order valence-electron chi connectivity index (χ3n) is 2.83. The molecule has 0 atom stereocenters. The third-order valence-corrected chi connectivity index (χ3v) is 2.83. The Morgan fingerprint density at radius 2 is 2.20 bits per heavy atom.